The molecule has 0 aliphatic heterocycles. The molecule has 3 heteroatoms. The molecule has 0 aliphatic rings. The van der Waals surface area contributed by atoms with Gasteiger partial charge in [-0.05, 0) is 19.5 Å². The van der Waals surface area contributed by atoms with E-state index in [1.807, 2.05) is 12.1 Å². The van der Waals surface area contributed by atoms with Gasteiger partial charge in [-0.25, -0.2) is 0 Å². The van der Waals surface area contributed by atoms with Gasteiger partial charge in [-0.1, -0.05) is 38.0 Å². The van der Waals surface area contributed by atoms with Crippen LogP contribution in [0.3, 0.4) is 0 Å². The zero-order valence-corrected chi connectivity index (χ0v) is 11.9. The quantitative estimate of drug-likeness (QED) is 0.771. The van der Waals surface area contributed by atoms with E-state index in [9.17, 15) is 0 Å². The van der Waals surface area contributed by atoms with Crippen LogP contribution in [0.25, 0.3) is 0 Å². The highest BCUT2D eigenvalue weighted by Gasteiger charge is 2.14. The smallest absolute Gasteiger partial charge is 0.123 e. The summed E-state index contributed by atoms with van der Waals surface area (Å²) in [7, 11) is 3.86. The van der Waals surface area contributed by atoms with Crippen LogP contribution < -0.4 is 10.5 Å². The molecule has 1 unspecified atom stereocenters. The lowest BCUT2D eigenvalue weighted by molar-refractivity contribution is 0.221. The first-order chi connectivity index (χ1) is 8.72. The van der Waals surface area contributed by atoms with Crippen LogP contribution >= 0.6 is 0 Å². The Hall–Kier alpha value is -1.06. The minimum Gasteiger partial charge on any atom is -0.496 e. The second-order valence-electron chi connectivity index (χ2n) is 4.76. The zero-order chi connectivity index (χ0) is 13.4. The first-order valence-corrected chi connectivity index (χ1v) is 6.75. The van der Waals surface area contributed by atoms with Gasteiger partial charge in [0.25, 0.3) is 0 Å². The van der Waals surface area contributed by atoms with Crippen LogP contribution in [0.4, 0.5) is 0 Å². The van der Waals surface area contributed by atoms with Gasteiger partial charge in [0.15, 0.2) is 0 Å². The van der Waals surface area contributed by atoms with E-state index in [1.165, 1.54) is 24.8 Å². The van der Waals surface area contributed by atoms with Crippen LogP contribution in [-0.4, -0.2) is 31.6 Å². The lowest BCUT2D eigenvalue weighted by Crippen LogP contribution is -2.37. The van der Waals surface area contributed by atoms with E-state index in [1.54, 1.807) is 7.11 Å². The highest BCUT2D eigenvalue weighted by molar-refractivity contribution is 5.33. The second kappa shape index (κ2) is 8.11. The summed E-state index contributed by atoms with van der Waals surface area (Å²) in [6.07, 6.45) is 3.62. The fourth-order valence-corrected chi connectivity index (χ4v) is 2.19. The molecule has 102 valence electrons. The van der Waals surface area contributed by atoms with Gasteiger partial charge in [-0.15, -0.1) is 0 Å². The van der Waals surface area contributed by atoms with Gasteiger partial charge < -0.3 is 10.5 Å². The Kier molecular flexibility index (Phi) is 6.76. The Morgan fingerprint density at radius 3 is 2.67 bits per heavy atom. The Labute approximate surface area is 111 Å². The molecule has 1 aromatic carbocycles. The molecule has 0 bridgehead atoms. The number of hydrogen-bond acceptors (Lipinski definition) is 3. The Morgan fingerprint density at radius 1 is 1.33 bits per heavy atom. The van der Waals surface area contributed by atoms with Crippen molar-refractivity contribution in [1.82, 2.24) is 4.90 Å². The number of unbranched alkanes of at least 4 members (excludes halogenated alkanes) is 1. The maximum atomic E-state index is 5.87. The monoisotopic (exact) mass is 250 g/mol. The third-order valence-corrected chi connectivity index (χ3v) is 3.40. The highest BCUT2D eigenvalue weighted by atomic mass is 16.5. The molecule has 2 N–H and O–H groups in total. The first kappa shape index (κ1) is 15.0. The first-order valence-electron chi connectivity index (χ1n) is 6.75. The van der Waals surface area contributed by atoms with Gasteiger partial charge in [0.1, 0.15) is 5.75 Å². The van der Waals surface area contributed by atoms with Gasteiger partial charge in [-0.3, -0.25) is 4.90 Å². The molecule has 0 aliphatic carbocycles. The summed E-state index contributed by atoms with van der Waals surface area (Å²) in [4.78, 5) is 2.33. The molecular weight excluding hydrogens is 224 g/mol. The molecule has 0 spiro atoms. The minimum atomic E-state index is 0.454. The van der Waals surface area contributed by atoms with Crippen molar-refractivity contribution in [1.29, 1.82) is 0 Å². The van der Waals surface area contributed by atoms with Crippen molar-refractivity contribution in [3.05, 3.63) is 29.8 Å². The molecule has 0 radical (unpaired) electrons. The summed E-state index contributed by atoms with van der Waals surface area (Å²) in [5.74, 6) is 0.954. The predicted molar refractivity (Wildman–Crippen MR) is 76.8 cm³/mol. The minimum absolute atomic E-state index is 0.454. The van der Waals surface area contributed by atoms with Crippen LogP contribution in [0.15, 0.2) is 24.3 Å². The zero-order valence-electron chi connectivity index (χ0n) is 11.9. The molecule has 0 saturated carbocycles. The fourth-order valence-electron chi connectivity index (χ4n) is 2.19. The lowest BCUT2D eigenvalue weighted by atomic mass is 10.1. The van der Waals surface area contributed by atoms with Gasteiger partial charge in [-0.2, -0.15) is 0 Å². The van der Waals surface area contributed by atoms with E-state index in [0.29, 0.717) is 12.6 Å². The fraction of sp³-hybridized carbons (Fsp3) is 0.600. The Morgan fingerprint density at radius 2 is 2.06 bits per heavy atom. The molecular formula is C15H26N2O. The summed E-state index contributed by atoms with van der Waals surface area (Å²) in [5.41, 5.74) is 7.09. The van der Waals surface area contributed by atoms with Crippen molar-refractivity contribution < 1.29 is 4.74 Å². The average Bonchev–Trinajstić information content (AvgIpc) is 2.40. The standard InChI is InChI=1S/C15H26N2O/c1-4-5-9-14(11-16)17(2)12-13-8-6-7-10-15(13)18-3/h6-8,10,14H,4-5,9,11-12,16H2,1-3H3. The second-order valence-corrected chi connectivity index (χ2v) is 4.76. The number of para-hydroxylation sites is 1. The normalized spacial score (nSPS) is 12.7. The number of methoxy groups -OCH3 is 1. The van der Waals surface area contributed by atoms with E-state index in [2.05, 4.69) is 31.0 Å². The summed E-state index contributed by atoms with van der Waals surface area (Å²) >= 11 is 0. The summed E-state index contributed by atoms with van der Waals surface area (Å²) in [6, 6.07) is 8.62. The molecule has 0 fully saturated rings. The molecule has 1 aromatic rings. The number of nitrogens with two attached hydrogens (primary N) is 1. The molecule has 0 amide bonds. The third-order valence-electron chi connectivity index (χ3n) is 3.40. The van der Waals surface area contributed by atoms with Crippen molar-refractivity contribution >= 4 is 0 Å². The molecule has 1 atom stereocenters. The molecule has 0 heterocycles. The molecule has 0 aromatic heterocycles. The number of rotatable bonds is 8. The number of nitrogens with zero attached hydrogens (tertiary/aromatic N) is 1. The Bertz CT molecular complexity index is 341. The summed E-state index contributed by atoms with van der Waals surface area (Å²) in [6.45, 7) is 3.81. The topological polar surface area (TPSA) is 38.5 Å². The van der Waals surface area contributed by atoms with Gasteiger partial charge in [0.2, 0.25) is 0 Å². The number of hydrogen-bond donors (Lipinski definition) is 1. The summed E-state index contributed by atoms with van der Waals surface area (Å²) in [5, 5.41) is 0. The summed E-state index contributed by atoms with van der Waals surface area (Å²) < 4.78 is 5.38. The van der Waals surface area contributed by atoms with Crippen LogP contribution in [0.5, 0.6) is 5.75 Å². The maximum absolute atomic E-state index is 5.87. The molecule has 0 saturated heterocycles. The van der Waals surface area contributed by atoms with E-state index in [0.717, 1.165) is 12.3 Å². The number of likely N-dealkylation sites (N-methyl/N-ethyl adjacent to an activating group) is 1. The van der Waals surface area contributed by atoms with E-state index < -0.39 is 0 Å². The van der Waals surface area contributed by atoms with E-state index >= 15 is 0 Å². The lowest BCUT2D eigenvalue weighted by Gasteiger charge is -2.27. The molecule has 18 heavy (non-hydrogen) atoms. The van der Waals surface area contributed by atoms with Crippen LogP contribution in [0.2, 0.25) is 0 Å². The SMILES string of the molecule is CCCCC(CN)N(C)Cc1ccccc1OC. The van der Waals surface area contributed by atoms with Crippen LogP contribution in [0, 0.1) is 0 Å². The predicted octanol–water partition coefficient (Wildman–Crippen LogP) is 2.64. The molecule has 3 nitrogen and oxygen atoms in total. The van der Waals surface area contributed by atoms with Gasteiger partial charge in [0, 0.05) is 24.7 Å². The highest BCUT2D eigenvalue weighted by Crippen LogP contribution is 2.20. The van der Waals surface area contributed by atoms with Crippen LogP contribution in [0.1, 0.15) is 31.7 Å². The molecule has 1 rings (SSSR count). The van der Waals surface area contributed by atoms with Crippen molar-refractivity contribution in [3.63, 3.8) is 0 Å². The van der Waals surface area contributed by atoms with Gasteiger partial charge in [0.05, 0.1) is 7.11 Å². The Balaban J connectivity index is 2.63. The van der Waals surface area contributed by atoms with E-state index in [-0.39, 0.29) is 0 Å². The van der Waals surface area contributed by atoms with Crippen LogP contribution in [-0.2, 0) is 6.54 Å². The number of ether oxygens (including phenoxy) is 1. The number of benzene rings is 1. The van der Waals surface area contributed by atoms with Crippen molar-refractivity contribution in [2.45, 2.75) is 38.8 Å². The van der Waals surface area contributed by atoms with Crippen molar-refractivity contribution in [2.24, 2.45) is 5.73 Å². The van der Waals surface area contributed by atoms with Crippen molar-refractivity contribution in [3.8, 4) is 5.75 Å². The third kappa shape index (κ3) is 4.31. The average molecular weight is 250 g/mol. The van der Waals surface area contributed by atoms with Gasteiger partial charge >= 0.3 is 0 Å². The van der Waals surface area contributed by atoms with E-state index in [4.69, 9.17) is 10.5 Å². The van der Waals surface area contributed by atoms with Crippen molar-refractivity contribution in [2.75, 3.05) is 20.7 Å². The maximum Gasteiger partial charge on any atom is 0.123 e. The largest absolute Gasteiger partial charge is 0.496 e.